The Morgan fingerprint density at radius 1 is 1.05 bits per heavy atom. The van der Waals surface area contributed by atoms with Crippen LogP contribution in [0.3, 0.4) is 0 Å². The van der Waals surface area contributed by atoms with E-state index in [0.717, 1.165) is 34.4 Å². The van der Waals surface area contributed by atoms with Gasteiger partial charge in [0.05, 0.1) is 25.5 Å². The van der Waals surface area contributed by atoms with E-state index in [4.69, 9.17) is 9.47 Å². The normalized spacial score (nSPS) is 10.6. The predicted octanol–water partition coefficient (Wildman–Crippen LogP) is 3.33. The zero-order valence-corrected chi connectivity index (χ0v) is 13.1. The van der Waals surface area contributed by atoms with Crippen molar-refractivity contribution in [1.82, 2.24) is 9.97 Å². The van der Waals surface area contributed by atoms with E-state index in [0.29, 0.717) is 0 Å². The molecule has 0 radical (unpaired) electrons. The van der Waals surface area contributed by atoms with Gasteiger partial charge >= 0.3 is 0 Å². The molecule has 2 aromatic rings. The number of rotatable bonds is 5. The molecule has 0 saturated heterocycles. The number of hydrogen-bond acceptors (Lipinski definition) is 5. The minimum Gasteiger partial charge on any atom is -0.496 e. The number of ether oxygens (including phenoxy) is 2. The fraction of sp³-hybridized carbons (Fsp3) is 0.375. The van der Waals surface area contributed by atoms with Crippen molar-refractivity contribution < 1.29 is 9.47 Å². The molecule has 0 spiro atoms. The number of anilines is 1. The first-order chi connectivity index (χ1) is 10.1. The molecule has 21 heavy (non-hydrogen) atoms. The van der Waals surface area contributed by atoms with Gasteiger partial charge in [-0.05, 0) is 12.1 Å². The molecule has 0 aliphatic rings. The van der Waals surface area contributed by atoms with Crippen LogP contribution in [0.4, 0.5) is 5.82 Å². The molecule has 5 heteroatoms. The molecule has 0 saturated carbocycles. The summed E-state index contributed by atoms with van der Waals surface area (Å²) < 4.78 is 10.9. The fourth-order valence-electron chi connectivity index (χ4n) is 2.08. The van der Waals surface area contributed by atoms with Crippen molar-refractivity contribution in [3.63, 3.8) is 0 Å². The summed E-state index contributed by atoms with van der Waals surface area (Å²) >= 11 is 0. The Morgan fingerprint density at radius 2 is 1.67 bits per heavy atom. The number of nitrogens with one attached hydrogen (secondary N) is 1. The average Bonchev–Trinajstić information content (AvgIpc) is 2.53. The first-order valence-electron chi connectivity index (χ1n) is 6.88. The van der Waals surface area contributed by atoms with Crippen LogP contribution in [0.2, 0.25) is 0 Å². The maximum Gasteiger partial charge on any atom is 0.133 e. The molecular weight excluding hydrogens is 266 g/mol. The largest absolute Gasteiger partial charge is 0.496 e. The van der Waals surface area contributed by atoms with Gasteiger partial charge in [0.15, 0.2) is 0 Å². The van der Waals surface area contributed by atoms with E-state index in [1.807, 2.05) is 31.3 Å². The Hall–Kier alpha value is -2.30. The van der Waals surface area contributed by atoms with E-state index in [1.54, 1.807) is 14.2 Å². The standard InChI is InChI=1S/C16H21N3O2/c1-10(2)16-18-11(9-14(17-3)19-16)15-12(20-4)7-6-8-13(15)21-5/h6-10H,1-5H3,(H,17,18,19). The molecule has 0 aliphatic heterocycles. The van der Waals surface area contributed by atoms with Crippen molar-refractivity contribution >= 4 is 5.82 Å². The molecule has 5 nitrogen and oxygen atoms in total. The minimum absolute atomic E-state index is 0.234. The number of hydrogen-bond donors (Lipinski definition) is 1. The molecule has 0 unspecified atom stereocenters. The van der Waals surface area contributed by atoms with E-state index in [2.05, 4.69) is 29.1 Å². The molecule has 0 fully saturated rings. The van der Waals surface area contributed by atoms with E-state index in [9.17, 15) is 0 Å². The van der Waals surface area contributed by atoms with Crippen LogP contribution in [0.1, 0.15) is 25.6 Å². The summed E-state index contributed by atoms with van der Waals surface area (Å²) in [5.41, 5.74) is 1.62. The molecule has 1 heterocycles. The Bertz CT molecular complexity index is 605. The average molecular weight is 287 g/mol. The second kappa shape index (κ2) is 6.43. The predicted molar refractivity (Wildman–Crippen MR) is 84.2 cm³/mol. The number of nitrogens with zero attached hydrogens (tertiary/aromatic N) is 2. The molecule has 112 valence electrons. The summed E-state index contributed by atoms with van der Waals surface area (Å²) in [5.74, 6) is 3.24. The van der Waals surface area contributed by atoms with Crippen molar-refractivity contribution in [3.8, 4) is 22.8 Å². The second-order valence-electron chi connectivity index (χ2n) is 4.94. The molecule has 0 bridgehead atoms. The molecule has 0 amide bonds. The summed E-state index contributed by atoms with van der Waals surface area (Å²) in [6.45, 7) is 4.13. The summed E-state index contributed by atoms with van der Waals surface area (Å²) in [6, 6.07) is 7.58. The maximum atomic E-state index is 5.46. The lowest BCUT2D eigenvalue weighted by Crippen LogP contribution is -2.04. The zero-order valence-electron chi connectivity index (χ0n) is 13.1. The van der Waals surface area contributed by atoms with Crippen LogP contribution in [-0.2, 0) is 0 Å². The highest BCUT2D eigenvalue weighted by atomic mass is 16.5. The topological polar surface area (TPSA) is 56.3 Å². The van der Waals surface area contributed by atoms with E-state index < -0.39 is 0 Å². The summed E-state index contributed by atoms with van der Waals surface area (Å²) in [7, 11) is 5.12. The van der Waals surface area contributed by atoms with Crippen LogP contribution in [-0.4, -0.2) is 31.2 Å². The van der Waals surface area contributed by atoms with E-state index in [1.165, 1.54) is 0 Å². The van der Waals surface area contributed by atoms with Gasteiger partial charge in [-0.1, -0.05) is 19.9 Å². The molecule has 1 N–H and O–H groups in total. The van der Waals surface area contributed by atoms with Gasteiger partial charge in [-0.2, -0.15) is 0 Å². The second-order valence-corrected chi connectivity index (χ2v) is 4.94. The number of methoxy groups -OCH3 is 2. The summed E-state index contributed by atoms with van der Waals surface area (Å²) in [5, 5.41) is 3.07. The highest BCUT2D eigenvalue weighted by molar-refractivity contribution is 5.75. The van der Waals surface area contributed by atoms with Crippen molar-refractivity contribution in [2.45, 2.75) is 19.8 Å². The molecule has 0 aliphatic carbocycles. The highest BCUT2D eigenvalue weighted by Gasteiger charge is 2.16. The molecule has 1 aromatic heterocycles. The van der Waals surface area contributed by atoms with Gasteiger partial charge in [0.1, 0.15) is 23.1 Å². The van der Waals surface area contributed by atoms with Gasteiger partial charge in [-0.25, -0.2) is 9.97 Å². The third-order valence-electron chi connectivity index (χ3n) is 3.20. The lowest BCUT2D eigenvalue weighted by molar-refractivity contribution is 0.397. The Morgan fingerprint density at radius 3 is 2.14 bits per heavy atom. The van der Waals surface area contributed by atoms with Crippen molar-refractivity contribution in [2.75, 3.05) is 26.6 Å². The first-order valence-corrected chi connectivity index (χ1v) is 6.88. The summed E-state index contributed by atoms with van der Waals surface area (Å²) in [4.78, 5) is 9.14. The maximum absolute atomic E-state index is 5.46. The third kappa shape index (κ3) is 3.07. The zero-order chi connectivity index (χ0) is 15.4. The van der Waals surface area contributed by atoms with Gasteiger partial charge in [-0.3, -0.25) is 0 Å². The van der Waals surface area contributed by atoms with Gasteiger partial charge in [-0.15, -0.1) is 0 Å². The quantitative estimate of drug-likeness (QED) is 0.914. The minimum atomic E-state index is 0.234. The van der Waals surface area contributed by atoms with Gasteiger partial charge in [0.2, 0.25) is 0 Å². The molecule has 0 atom stereocenters. The fourth-order valence-corrected chi connectivity index (χ4v) is 2.08. The van der Waals surface area contributed by atoms with Gasteiger partial charge in [0, 0.05) is 19.0 Å². The van der Waals surface area contributed by atoms with Crippen LogP contribution in [0.5, 0.6) is 11.5 Å². The Balaban J connectivity index is 2.68. The Labute approximate surface area is 125 Å². The van der Waals surface area contributed by atoms with Crippen LogP contribution < -0.4 is 14.8 Å². The van der Waals surface area contributed by atoms with Crippen LogP contribution in [0, 0.1) is 0 Å². The van der Waals surface area contributed by atoms with Crippen LogP contribution >= 0.6 is 0 Å². The van der Waals surface area contributed by atoms with Crippen molar-refractivity contribution in [1.29, 1.82) is 0 Å². The van der Waals surface area contributed by atoms with E-state index in [-0.39, 0.29) is 5.92 Å². The molecule has 1 aromatic carbocycles. The smallest absolute Gasteiger partial charge is 0.133 e. The first kappa shape index (κ1) is 15.1. The van der Waals surface area contributed by atoms with Gasteiger partial charge < -0.3 is 14.8 Å². The van der Waals surface area contributed by atoms with Crippen LogP contribution in [0.25, 0.3) is 11.3 Å². The van der Waals surface area contributed by atoms with Crippen molar-refractivity contribution in [2.24, 2.45) is 0 Å². The van der Waals surface area contributed by atoms with E-state index >= 15 is 0 Å². The lowest BCUT2D eigenvalue weighted by atomic mass is 10.1. The van der Waals surface area contributed by atoms with Gasteiger partial charge in [0.25, 0.3) is 0 Å². The Kier molecular flexibility index (Phi) is 4.62. The van der Waals surface area contributed by atoms with Crippen LogP contribution in [0.15, 0.2) is 24.3 Å². The number of benzene rings is 1. The highest BCUT2D eigenvalue weighted by Crippen LogP contribution is 2.38. The lowest BCUT2D eigenvalue weighted by Gasteiger charge is -2.15. The number of aromatic nitrogens is 2. The summed E-state index contributed by atoms with van der Waals surface area (Å²) in [6.07, 6.45) is 0. The third-order valence-corrected chi connectivity index (χ3v) is 3.20. The molecular formula is C16H21N3O2. The monoisotopic (exact) mass is 287 g/mol. The van der Waals surface area contributed by atoms with Crippen molar-refractivity contribution in [3.05, 3.63) is 30.1 Å². The SMILES string of the molecule is CNc1cc(-c2c(OC)cccc2OC)nc(C(C)C)n1. The molecule has 2 rings (SSSR count).